The van der Waals surface area contributed by atoms with Gasteiger partial charge in [-0.25, -0.2) is 9.82 Å². The van der Waals surface area contributed by atoms with E-state index in [2.05, 4.69) is 15.8 Å². The standard InChI is InChI=1S/C21H18FN3O3S/c1-12-18-15(24-25-20(26)17-10-5-11-29-17)8-4-9-16(18)28-19(12)21(27)23-14-7-3-2-6-13(14)22/h2-3,5-7,10-11H,4,8-9H2,1H3,(H,23,27)(H,25,26)/b24-15+. The van der Waals surface area contributed by atoms with E-state index in [-0.39, 0.29) is 17.4 Å². The summed E-state index contributed by atoms with van der Waals surface area (Å²) in [6.07, 6.45) is 2.12. The molecule has 0 aliphatic heterocycles. The van der Waals surface area contributed by atoms with Crippen LogP contribution in [0.1, 0.15) is 50.0 Å². The molecule has 148 valence electrons. The zero-order valence-corrected chi connectivity index (χ0v) is 16.4. The van der Waals surface area contributed by atoms with E-state index >= 15 is 0 Å². The normalized spacial score (nSPS) is 14.5. The predicted octanol–water partition coefficient (Wildman–Crippen LogP) is 4.51. The Morgan fingerprint density at radius 3 is 2.72 bits per heavy atom. The molecule has 0 fully saturated rings. The average molecular weight is 411 g/mol. The van der Waals surface area contributed by atoms with Gasteiger partial charge in [0.1, 0.15) is 11.6 Å². The largest absolute Gasteiger partial charge is 0.455 e. The molecule has 0 bridgehead atoms. The second-order valence-corrected chi connectivity index (χ2v) is 7.57. The fourth-order valence-corrected chi connectivity index (χ4v) is 3.93. The summed E-state index contributed by atoms with van der Waals surface area (Å²) in [5.74, 6) is -0.551. The van der Waals surface area contributed by atoms with E-state index in [9.17, 15) is 14.0 Å². The summed E-state index contributed by atoms with van der Waals surface area (Å²) in [6, 6.07) is 9.47. The van der Waals surface area contributed by atoms with Crippen molar-refractivity contribution in [2.75, 3.05) is 5.32 Å². The second-order valence-electron chi connectivity index (χ2n) is 6.62. The zero-order chi connectivity index (χ0) is 20.4. The molecule has 2 aromatic heterocycles. The van der Waals surface area contributed by atoms with E-state index in [1.807, 2.05) is 5.38 Å². The van der Waals surface area contributed by atoms with Gasteiger partial charge in [0.25, 0.3) is 11.8 Å². The molecule has 3 aromatic rings. The van der Waals surface area contributed by atoms with E-state index in [0.717, 1.165) is 12.0 Å². The first-order valence-electron chi connectivity index (χ1n) is 9.13. The Morgan fingerprint density at radius 1 is 1.14 bits per heavy atom. The molecule has 0 atom stereocenters. The van der Waals surface area contributed by atoms with Gasteiger partial charge in [-0.15, -0.1) is 11.3 Å². The number of hydrazone groups is 1. The molecule has 2 amide bonds. The van der Waals surface area contributed by atoms with Crippen molar-refractivity contribution in [2.24, 2.45) is 5.10 Å². The molecule has 0 saturated carbocycles. The van der Waals surface area contributed by atoms with Crippen molar-refractivity contribution in [1.82, 2.24) is 5.43 Å². The van der Waals surface area contributed by atoms with Crippen molar-refractivity contribution < 1.29 is 18.4 Å². The van der Waals surface area contributed by atoms with Gasteiger partial charge in [0.05, 0.1) is 16.3 Å². The van der Waals surface area contributed by atoms with Crippen molar-refractivity contribution in [3.63, 3.8) is 0 Å². The molecule has 0 unspecified atom stereocenters. The molecular weight excluding hydrogens is 393 g/mol. The minimum atomic E-state index is -0.524. The van der Waals surface area contributed by atoms with Crippen LogP contribution in [0.5, 0.6) is 0 Å². The number of hydrogen-bond donors (Lipinski definition) is 2. The molecule has 29 heavy (non-hydrogen) atoms. The van der Waals surface area contributed by atoms with Crippen molar-refractivity contribution in [3.05, 3.63) is 75.1 Å². The minimum absolute atomic E-state index is 0.0865. The number of nitrogens with one attached hydrogen (secondary N) is 2. The maximum absolute atomic E-state index is 13.8. The van der Waals surface area contributed by atoms with E-state index in [1.165, 1.54) is 23.5 Å². The summed E-state index contributed by atoms with van der Waals surface area (Å²) in [4.78, 5) is 25.4. The van der Waals surface area contributed by atoms with E-state index in [0.29, 0.717) is 34.8 Å². The summed E-state index contributed by atoms with van der Waals surface area (Å²) < 4.78 is 19.6. The molecule has 2 N–H and O–H groups in total. The summed E-state index contributed by atoms with van der Waals surface area (Å²) in [5.41, 5.74) is 4.69. The number of para-hydroxylation sites is 1. The lowest BCUT2D eigenvalue weighted by atomic mass is 9.93. The monoisotopic (exact) mass is 411 g/mol. The number of furan rings is 1. The molecule has 6 nitrogen and oxygen atoms in total. The quantitative estimate of drug-likeness (QED) is 0.620. The zero-order valence-electron chi connectivity index (χ0n) is 15.6. The summed E-state index contributed by atoms with van der Waals surface area (Å²) in [7, 11) is 0. The number of carbonyl (C=O) groups is 2. The highest BCUT2D eigenvalue weighted by molar-refractivity contribution is 7.12. The topological polar surface area (TPSA) is 83.7 Å². The Kier molecular flexibility index (Phi) is 5.26. The van der Waals surface area contributed by atoms with Crippen LogP contribution in [-0.2, 0) is 6.42 Å². The first kappa shape index (κ1) is 19.1. The molecular formula is C21H18FN3O3S. The lowest BCUT2D eigenvalue weighted by Crippen LogP contribution is -2.21. The summed E-state index contributed by atoms with van der Waals surface area (Å²) in [6.45, 7) is 1.76. The number of fused-ring (bicyclic) bond motifs is 1. The Balaban J connectivity index is 1.59. The van der Waals surface area contributed by atoms with Crippen LogP contribution in [-0.4, -0.2) is 17.5 Å². The van der Waals surface area contributed by atoms with Crippen molar-refractivity contribution in [1.29, 1.82) is 0 Å². The maximum atomic E-state index is 13.8. The lowest BCUT2D eigenvalue weighted by Gasteiger charge is -2.13. The number of halogens is 1. The highest BCUT2D eigenvalue weighted by atomic mass is 32.1. The van der Waals surface area contributed by atoms with Crippen LogP contribution in [0, 0.1) is 12.7 Å². The molecule has 0 saturated heterocycles. The molecule has 0 radical (unpaired) electrons. The van der Waals surface area contributed by atoms with Gasteiger partial charge in [0.15, 0.2) is 5.76 Å². The summed E-state index contributed by atoms with van der Waals surface area (Å²) >= 11 is 1.33. The number of anilines is 1. The van der Waals surface area contributed by atoms with Crippen LogP contribution < -0.4 is 10.7 Å². The minimum Gasteiger partial charge on any atom is -0.455 e. The van der Waals surface area contributed by atoms with Crippen LogP contribution in [0.2, 0.25) is 0 Å². The maximum Gasteiger partial charge on any atom is 0.291 e. The second kappa shape index (κ2) is 8.00. The fourth-order valence-electron chi connectivity index (χ4n) is 3.32. The number of nitrogens with zero attached hydrogens (tertiary/aromatic N) is 1. The third kappa shape index (κ3) is 3.84. The van der Waals surface area contributed by atoms with Gasteiger partial charge in [-0.3, -0.25) is 9.59 Å². The molecule has 4 rings (SSSR count). The average Bonchev–Trinajstić information content (AvgIpc) is 3.37. The van der Waals surface area contributed by atoms with Crippen molar-refractivity contribution in [3.8, 4) is 0 Å². The molecule has 1 aromatic carbocycles. The number of amides is 2. The SMILES string of the molecule is Cc1c(C(=O)Nc2ccccc2F)oc2c1/C(=N/NC(=O)c1cccs1)CCC2. The molecule has 2 heterocycles. The van der Waals surface area contributed by atoms with Crippen LogP contribution in [0.4, 0.5) is 10.1 Å². The first-order chi connectivity index (χ1) is 14.0. The molecule has 0 spiro atoms. The van der Waals surface area contributed by atoms with Crippen LogP contribution in [0.15, 0.2) is 51.3 Å². The van der Waals surface area contributed by atoms with Crippen LogP contribution in [0.25, 0.3) is 0 Å². The van der Waals surface area contributed by atoms with Gasteiger partial charge in [-0.2, -0.15) is 5.10 Å². The number of rotatable bonds is 4. The van der Waals surface area contributed by atoms with Gasteiger partial charge in [0, 0.05) is 17.5 Å². The Hall–Kier alpha value is -3.26. The highest BCUT2D eigenvalue weighted by Crippen LogP contribution is 2.30. The van der Waals surface area contributed by atoms with Crippen LogP contribution >= 0.6 is 11.3 Å². The fraction of sp³-hybridized carbons (Fsp3) is 0.190. The van der Waals surface area contributed by atoms with Gasteiger partial charge in [0.2, 0.25) is 0 Å². The smallest absolute Gasteiger partial charge is 0.291 e. The lowest BCUT2D eigenvalue weighted by molar-refractivity contribution is 0.0957. The third-order valence-corrected chi connectivity index (χ3v) is 5.56. The summed E-state index contributed by atoms with van der Waals surface area (Å²) in [5, 5.41) is 8.65. The van der Waals surface area contributed by atoms with Crippen molar-refractivity contribution >= 4 is 34.6 Å². The van der Waals surface area contributed by atoms with E-state index < -0.39 is 11.7 Å². The van der Waals surface area contributed by atoms with Gasteiger partial charge < -0.3 is 9.73 Å². The highest BCUT2D eigenvalue weighted by Gasteiger charge is 2.28. The van der Waals surface area contributed by atoms with Crippen LogP contribution in [0.3, 0.4) is 0 Å². The number of hydrogen-bond acceptors (Lipinski definition) is 5. The number of benzene rings is 1. The Labute approximate surface area is 170 Å². The number of thiophene rings is 1. The van der Waals surface area contributed by atoms with Crippen molar-refractivity contribution in [2.45, 2.75) is 26.2 Å². The number of carbonyl (C=O) groups excluding carboxylic acids is 2. The molecule has 1 aliphatic rings. The predicted molar refractivity (Wildman–Crippen MR) is 109 cm³/mol. The van der Waals surface area contributed by atoms with Gasteiger partial charge in [-0.1, -0.05) is 18.2 Å². The number of aryl methyl sites for hydroxylation is 1. The van der Waals surface area contributed by atoms with E-state index in [4.69, 9.17) is 4.42 Å². The molecule has 1 aliphatic carbocycles. The Morgan fingerprint density at radius 2 is 1.97 bits per heavy atom. The first-order valence-corrected chi connectivity index (χ1v) is 10.0. The third-order valence-electron chi connectivity index (χ3n) is 4.69. The van der Waals surface area contributed by atoms with E-state index in [1.54, 1.807) is 31.2 Å². The van der Waals surface area contributed by atoms with Gasteiger partial charge >= 0.3 is 0 Å². The molecule has 8 heteroatoms. The van der Waals surface area contributed by atoms with Gasteiger partial charge in [-0.05, 0) is 43.3 Å². The Bertz CT molecular complexity index is 1100.